The predicted octanol–water partition coefficient (Wildman–Crippen LogP) is 1.24. The van der Waals surface area contributed by atoms with E-state index < -0.39 is 17.4 Å². The number of hydrogen-bond donors (Lipinski definition) is 1. The van der Waals surface area contributed by atoms with E-state index in [-0.39, 0.29) is 18.1 Å². The van der Waals surface area contributed by atoms with Crippen molar-refractivity contribution in [3.63, 3.8) is 0 Å². The zero-order valence-electron chi connectivity index (χ0n) is 11.6. The highest BCUT2D eigenvalue weighted by Crippen LogP contribution is 2.47. The summed E-state index contributed by atoms with van der Waals surface area (Å²) < 4.78 is 10.3. The zero-order valence-corrected chi connectivity index (χ0v) is 11.6. The van der Waals surface area contributed by atoms with Gasteiger partial charge in [-0.1, -0.05) is 0 Å². The maximum atomic E-state index is 12.1. The van der Waals surface area contributed by atoms with Crippen molar-refractivity contribution in [2.24, 2.45) is 17.1 Å². The van der Waals surface area contributed by atoms with Crippen LogP contribution < -0.4 is 5.73 Å². The number of nitrogens with two attached hydrogens (primary N) is 1. The highest BCUT2D eigenvalue weighted by Gasteiger charge is 2.58. The summed E-state index contributed by atoms with van der Waals surface area (Å²) in [6.45, 7) is 7.53. The third-order valence-electron chi connectivity index (χ3n) is 3.07. The van der Waals surface area contributed by atoms with Crippen molar-refractivity contribution in [2.75, 3.05) is 6.54 Å². The molecule has 1 rings (SSSR count). The average molecular weight is 257 g/mol. The van der Waals surface area contributed by atoms with Gasteiger partial charge in [-0.05, 0) is 53.0 Å². The van der Waals surface area contributed by atoms with Crippen molar-refractivity contribution in [1.29, 1.82) is 0 Å². The van der Waals surface area contributed by atoms with E-state index in [2.05, 4.69) is 0 Å². The maximum absolute atomic E-state index is 12.1. The molecule has 1 saturated carbocycles. The van der Waals surface area contributed by atoms with Crippen LogP contribution in [0.3, 0.4) is 0 Å². The first kappa shape index (κ1) is 15.0. The second-order valence-electron chi connectivity index (χ2n) is 5.50. The average Bonchev–Trinajstić information content (AvgIpc) is 2.13. The third-order valence-corrected chi connectivity index (χ3v) is 3.07. The van der Waals surface area contributed by atoms with Gasteiger partial charge in [0.1, 0.15) is 0 Å². The summed E-state index contributed by atoms with van der Waals surface area (Å²) in [5.41, 5.74) is 4.43. The number of hydrogen-bond acceptors (Lipinski definition) is 5. The number of carbonyl (C=O) groups excluding carboxylic acids is 2. The second-order valence-corrected chi connectivity index (χ2v) is 5.50. The van der Waals surface area contributed by atoms with Crippen molar-refractivity contribution in [3.8, 4) is 0 Å². The molecule has 0 saturated heterocycles. The molecule has 18 heavy (non-hydrogen) atoms. The van der Waals surface area contributed by atoms with E-state index in [1.165, 1.54) is 0 Å². The molecule has 0 atom stereocenters. The molecule has 0 spiro atoms. The van der Waals surface area contributed by atoms with Crippen LogP contribution in [0.15, 0.2) is 0 Å². The molecule has 0 radical (unpaired) electrons. The van der Waals surface area contributed by atoms with Gasteiger partial charge < -0.3 is 15.2 Å². The molecule has 1 fully saturated rings. The highest BCUT2D eigenvalue weighted by atomic mass is 16.6. The van der Waals surface area contributed by atoms with Crippen LogP contribution in [0.25, 0.3) is 0 Å². The second kappa shape index (κ2) is 5.69. The van der Waals surface area contributed by atoms with E-state index >= 15 is 0 Å². The quantitative estimate of drug-likeness (QED) is 0.592. The van der Waals surface area contributed by atoms with Crippen LogP contribution in [0.2, 0.25) is 0 Å². The third kappa shape index (κ3) is 3.02. The summed E-state index contributed by atoms with van der Waals surface area (Å²) >= 11 is 0. The van der Waals surface area contributed by atoms with Crippen molar-refractivity contribution in [2.45, 2.75) is 52.7 Å². The van der Waals surface area contributed by atoms with Crippen molar-refractivity contribution >= 4 is 11.9 Å². The Morgan fingerprint density at radius 1 is 1.11 bits per heavy atom. The number of ether oxygens (including phenoxy) is 2. The summed E-state index contributed by atoms with van der Waals surface area (Å²) in [6, 6.07) is 0. The zero-order chi connectivity index (χ0) is 13.9. The lowest BCUT2D eigenvalue weighted by molar-refractivity contribution is -0.188. The Hall–Kier alpha value is -1.10. The van der Waals surface area contributed by atoms with Gasteiger partial charge in [-0.2, -0.15) is 0 Å². The van der Waals surface area contributed by atoms with Crippen molar-refractivity contribution < 1.29 is 19.1 Å². The van der Waals surface area contributed by atoms with Crippen LogP contribution in [0.4, 0.5) is 0 Å². The fourth-order valence-corrected chi connectivity index (χ4v) is 2.16. The lowest BCUT2D eigenvalue weighted by Gasteiger charge is -2.43. The lowest BCUT2D eigenvalue weighted by atomic mass is 9.61. The van der Waals surface area contributed by atoms with E-state index in [0.717, 1.165) is 0 Å². The Labute approximate surface area is 108 Å². The topological polar surface area (TPSA) is 78.6 Å². The Bertz CT molecular complexity index is 295. The molecule has 104 valence electrons. The monoisotopic (exact) mass is 257 g/mol. The molecule has 0 unspecified atom stereocenters. The minimum atomic E-state index is -1.13. The maximum Gasteiger partial charge on any atom is 0.323 e. The van der Waals surface area contributed by atoms with Gasteiger partial charge in [-0.15, -0.1) is 0 Å². The van der Waals surface area contributed by atoms with E-state index in [4.69, 9.17) is 15.2 Å². The first-order chi connectivity index (χ1) is 8.31. The van der Waals surface area contributed by atoms with Crippen LogP contribution in [-0.2, 0) is 19.1 Å². The standard InChI is InChI=1S/C13H23NO4/c1-8(2)17-11(15)13(5-10(6-13)7-14)12(16)18-9(3)4/h8-10H,5-7,14H2,1-4H3. The smallest absolute Gasteiger partial charge is 0.323 e. The predicted molar refractivity (Wildman–Crippen MR) is 66.7 cm³/mol. The van der Waals surface area contributed by atoms with Crippen LogP contribution in [-0.4, -0.2) is 30.7 Å². The van der Waals surface area contributed by atoms with Gasteiger partial charge in [0.05, 0.1) is 12.2 Å². The number of carbonyl (C=O) groups is 2. The molecule has 2 N–H and O–H groups in total. The summed E-state index contributed by atoms with van der Waals surface area (Å²) in [5.74, 6) is -0.759. The molecule has 1 aliphatic carbocycles. The van der Waals surface area contributed by atoms with Gasteiger partial charge in [-0.25, -0.2) is 0 Å². The van der Waals surface area contributed by atoms with Gasteiger partial charge in [0.15, 0.2) is 5.41 Å². The van der Waals surface area contributed by atoms with Gasteiger partial charge in [0.25, 0.3) is 0 Å². The van der Waals surface area contributed by atoms with Crippen LogP contribution in [0.5, 0.6) is 0 Å². The molecule has 0 heterocycles. The molecule has 5 nitrogen and oxygen atoms in total. The molecule has 0 bridgehead atoms. The molecule has 0 aromatic rings. The summed E-state index contributed by atoms with van der Waals surface area (Å²) in [5, 5.41) is 0. The van der Waals surface area contributed by atoms with E-state index in [9.17, 15) is 9.59 Å². The van der Waals surface area contributed by atoms with Gasteiger partial charge in [-0.3, -0.25) is 9.59 Å². The van der Waals surface area contributed by atoms with E-state index in [1.54, 1.807) is 27.7 Å². The van der Waals surface area contributed by atoms with E-state index in [1.807, 2.05) is 0 Å². The molecular weight excluding hydrogens is 234 g/mol. The Balaban J connectivity index is 2.78. The van der Waals surface area contributed by atoms with Crippen molar-refractivity contribution in [1.82, 2.24) is 0 Å². The van der Waals surface area contributed by atoms with Crippen molar-refractivity contribution in [3.05, 3.63) is 0 Å². The summed E-state index contributed by atoms with van der Waals surface area (Å²) in [4.78, 5) is 24.2. The molecule has 1 aliphatic rings. The fourth-order valence-electron chi connectivity index (χ4n) is 2.16. The largest absolute Gasteiger partial charge is 0.462 e. The Morgan fingerprint density at radius 2 is 1.50 bits per heavy atom. The molecule has 0 aliphatic heterocycles. The number of esters is 2. The van der Waals surface area contributed by atoms with Gasteiger partial charge in [0.2, 0.25) is 0 Å². The summed E-state index contributed by atoms with van der Waals surface area (Å²) in [6.07, 6.45) is 0.387. The highest BCUT2D eigenvalue weighted by molar-refractivity contribution is 6.01. The summed E-state index contributed by atoms with van der Waals surface area (Å²) in [7, 11) is 0. The number of rotatable bonds is 5. The minimum Gasteiger partial charge on any atom is -0.462 e. The Morgan fingerprint density at radius 3 is 1.78 bits per heavy atom. The van der Waals surface area contributed by atoms with Crippen LogP contribution in [0, 0.1) is 11.3 Å². The van der Waals surface area contributed by atoms with Gasteiger partial charge in [0, 0.05) is 0 Å². The molecule has 5 heteroatoms. The first-order valence-electron chi connectivity index (χ1n) is 6.44. The van der Waals surface area contributed by atoms with Gasteiger partial charge >= 0.3 is 11.9 Å². The molecular formula is C13H23NO4. The van der Waals surface area contributed by atoms with E-state index in [0.29, 0.717) is 19.4 Å². The fraction of sp³-hybridized carbons (Fsp3) is 0.846. The minimum absolute atomic E-state index is 0.199. The van der Waals surface area contributed by atoms with Crippen LogP contribution in [0.1, 0.15) is 40.5 Å². The Kier molecular flexibility index (Phi) is 4.73. The molecule has 0 aromatic heterocycles. The first-order valence-corrected chi connectivity index (χ1v) is 6.44. The molecule has 0 amide bonds. The lowest BCUT2D eigenvalue weighted by Crippen LogP contribution is -2.54. The normalized spacial score (nSPS) is 18.6. The van der Waals surface area contributed by atoms with Crippen LogP contribution >= 0.6 is 0 Å². The SMILES string of the molecule is CC(C)OC(=O)C1(C(=O)OC(C)C)CC(CN)C1. The molecule has 0 aromatic carbocycles.